The van der Waals surface area contributed by atoms with Crippen LogP contribution in [0.1, 0.15) is 23.2 Å². The fourth-order valence-electron chi connectivity index (χ4n) is 3.15. The van der Waals surface area contributed by atoms with Crippen molar-refractivity contribution < 1.29 is 4.74 Å². The molecule has 0 bridgehead atoms. The van der Waals surface area contributed by atoms with E-state index in [1.54, 1.807) is 0 Å². The highest BCUT2D eigenvalue weighted by Crippen LogP contribution is 2.26. The fraction of sp³-hybridized carbons (Fsp3) is 0.438. The standard InChI is InChI=1S/C16H19N3O/c1-2-16-13(5-8-20-16)9-12(1)11-17-14-4-7-19-15(10-14)3-6-18-19/h1-3,6,9,14,17H,4-5,7-8,10-11H2/t14-/m1/s1. The Kier molecular flexibility index (Phi) is 2.96. The molecular formula is C16H19N3O. The predicted octanol–water partition coefficient (Wildman–Crippen LogP) is 1.92. The number of hydrogen-bond donors (Lipinski definition) is 1. The van der Waals surface area contributed by atoms with Gasteiger partial charge in [0.2, 0.25) is 0 Å². The monoisotopic (exact) mass is 269 g/mol. The van der Waals surface area contributed by atoms with Crippen LogP contribution in [0.4, 0.5) is 0 Å². The zero-order chi connectivity index (χ0) is 13.4. The lowest BCUT2D eigenvalue weighted by Crippen LogP contribution is -2.36. The summed E-state index contributed by atoms with van der Waals surface area (Å²) in [4.78, 5) is 0. The summed E-state index contributed by atoms with van der Waals surface area (Å²) in [6.07, 6.45) is 5.18. The van der Waals surface area contributed by atoms with Crippen LogP contribution in [-0.2, 0) is 25.9 Å². The van der Waals surface area contributed by atoms with Gasteiger partial charge in [0, 0.05) is 43.9 Å². The minimum Gasteiger partial charge on any atom is -0.493 e. The number of fused-ring (bicyclic) bond motifs is 2. The molecule has 1 aromatic heterocycles. The summed E-state index contributed by atoms with van der Waals surface area (Å²) in [5.41, 5.74) is 4.05. The summed E-state index contributed by atoms with van der Waals surface area (Å²) in [6, 6.07) is 9.24. The first-order valence-electron chi connectivity index (χ1n) is 7.37. The van der Waals surface area contributed by atoms with Gasteiger partial charge in [-0.3, -0.25) is 4.68 Å². The highest BCUT2D eigenvalue weighted by Gasteiger charge is 2.18. The molecule has 1 N–H and O–H groups in total. The average Bonchev–Trinajstić information content (AvgIpc) is 3.12. The van der Waals surface area contributed by atoms with E-state index in [1.807, 2.05) is 6.20 Å². The molecule has 0 radical (unpaired) electrons. The molecule has 104 valence electrons. The molecule has 2 aromatic rings. The van der Waals surface area contributed by atoms with E-state index >= 15 is 0 Å². The fourth-order valence-corrected chi connectivity index (χ4v) is 3.15. The molecule has 0 spiro atoms. The maximum absolute atomic E-state index is 5.55. The number of hydrogen-bond acceptors (Lipinski definition) is 3. The van der Waals surface area contributed by atoms with Gasteiger partial charge in [-0.05, 0) is 29.7 Å². The Balaban J connectivity index is 1.39. The molecule has 1 atom stereocenters. The highest BCUT2D eigenvalue weighted by atomic mass is 16.5. The Bertz CT molecular complexity index is 620. The van der Waals surface area contributed by atoms with E-state index in [-0.39, 0.29) is 0 Å². The third-order valence-corrected chi connectivity index (χ3v) is 4.30. The minimum absolute atomic E-state index is 0.559. The van der Waals surface area contributed by atoms with Crippen molar-refractivity contribution in [3.8, 4) is 5.75 Å². The van der Waals surface area contributed by atoms with Gasteiger partial charge < -0.3 is 10.1 Å². The van der Waals surface area contributed by atoms with Crippen LogP contribution in [0.25, 0.3) is 0 Å². The average molecular weight is 269 g/mol. The van der Waals surface area contributed by atoms with E-state index < -0.39 is 0 Å². The van der Waals surface area contributed by atoms with Crippen LogP contribution >= 0.6 is 0 Å². The van der Waals surface area contributed by atoms with Crippen LogP contribution in [0.5, 0.6) is 5.75 Å². The van der Waals surface area contributed by atoms with E-state index in [4.69, 9.17) is 4.74 Å². The van der Waals surface area contributed by atoms with Crippen molar-refractivity contribution in [3.05, 3.63) is 47.3 Å². The molecular weight excluding hydrogens is 250 g/mol. The SMILES string of the molecule is c1cc2n(n1)CC[C@@H](NCc1ccc3c(c1)CCO3)C2. The number of ether oxygens (including phenoxy) is 1. The maximum atomic E-state index is 5.55. The van der Waals surface area contributed by atoms with Crippen LogP contribution in [0.2, 0.25) is 0 Å². The largest absolute Gasteiger partial charge is 0.493 e. The van der Waals surface area contributed by atoms with Crippen LogP contribution in [0.15, 0.2) is 30.5 Å². The van der Waals surface area contributed by atoms with Gasteiger partial charge >= 0.3 is 0 Å². The van der Waals surface area contributed by atoms with E-state index in [0.717, 1.165) is 44.7 Å². The number of nitrogens with one attached hydrogen (secondary N) is 1. The van der Waals surface area contributed by atoms with Crippen LogP contribution < -0.4 is 10.1 Å². The summed E-state index contributed by atoms with van der Waals surface area (Å²) >= 11 is 0. The molecule has 0 unspecified atom stereocenters. The lowest BCUT2D eigenvalue weighted by Gasteiger charge is -2.24. The van der Waals surface area contributed by atoms with Crippen molar-refractivity contribution in [1.29, 1.82) is 0 Å². The second-order valence-corrected chi connectivity index (χ2v) is 5.66. The lowest BCUT2D eigenvalue weighted by molar-refractivity contribution is 0.356. The number of benzene rings is 1. The second kappa shape index (κ2) is 4.94. The number of aromatic nitrogens is 2. The van der Waals surface area contributed by atoms with Gasteiger partial charge in [-0.15, -0.1) is 0 Å². The summed E-state index contributed by atoms with van der Waals surface area (Å²) in [7, 11) is 0. The Morgan fingerprint density at radius 3 is 3.35 bits per heavy atom. The third kappa shape index (κ3) is 2.20. The number of aryl methyl sites for hydroxylation is 1. The zero-order valence-electron chi connectivity index (χ0n) is 11.5. The second-order valence-electron chi connectivity index (χ2n) is 5.66. The normalized spacial score (nSPS) is 20.3. The van der Waals surface area contributed by atoms with Crippen molar-refractivity contribution in [2.75, 3.05) is 6.61 Å². The summed E-state index contributed by atoms with van der Waals surface area (Å²) in [5.74, 6) is 1.07. The quantitative estimate of drug-likeness (QED) is 0.925. The molecule has 4 rings (SSSR count). The zero-order valence-corrected chi connectivity index (χ0v) is 11.5. The Morgan fingerprint density at radius 2 is 2.35 bits per heavy atom. The van der Waals surface area contributed by atoms with Crippen LogP contribution in [0, 0.1) is 0 Å². The van der Waals surface area contributed by atoms with Crippen molar-refractivity contribution in [2.24, 2.45) is 0 Å². The highest BCUT2D eigenvalue weighted by molar-refractivity contribution is 5.39. The summed E-state index contributed by atoms with van der Waals surface area (Å²) in [6.45, 7) is 2.79. The van der Waals surface area contributed by atoms with Crippen LogP contribution in [-0.4, -0.2) is 22.4 Å². The summed E-state index contributed by atoms with van der Waals surface area (Å²) < 4.78 is 7.66. The van der Waals surface area contributed by atoms with E-state index in [0.29, 0.717) is 6.04 Å². The molecule has 20 heavy (non-hydrogen) atoms. The Labute approximate surface area is 118 Å². The molecule has 0 fully saturated rings. The van der Waals surface area contributed by atoms with E-state index in [9.17, 15) is 0 Å². The van der Waals surface area contributed by atoms with Crippen molar-refractivity contribution in [3.63, 3.8) is 0 Å². The predicted molar refractivity (Wildman–Crippen MR) is 76.8 cm³/mol. The molecule has 0 amide bonds. The number of rotatable bonds is 3. The third-order valence-electron chi connectivity index (χ3n) is 4.30. The Hall–Kier alpha value is -1.81. The van der Waals surface area contributed by atoms with Crippen LogP contribution in [0.3, 0.4) is 0 Å². The first-order chi connectivity index (χ1) is 9.88. The first-order valence-corrected chi connectivity index (χ1v) is 7.37. The van der Waals surface area contributed by atoms with Crippen molar-refractivity contribution in [2.45, 2.75) is 38.4 Å². The van der Waals surface area contributed by atoms with E-state index in [2.05, 4.69) is 39.4 Å². The smallest absolute Gasteiger partial charge is 0.122 e. The maximum Gasteiger partial charge on any atom is 0.122 e. The van der Waals surface area contributed by atoms with Gasteiger partial charge in [0.25, 0.3) is 0 Å². The summed E-state index contributed by atoms with van der Waals surface area (Å²) in [5, 5.41) is 8.00. The molecule has 0 saturated heterocycles. The van der Waals surface area contributed by atoms with Gasteiger partial charge in [0.15, 0.2) is 0 Å². The molecule has 4 nitrogen and oxygen atoms in total. The van der Waals surface area contributed by atoms with Gasteiger partial charge in [-0.25, -0.2) is 0 Å². The molecule has 0 saturated carbocycles. The topological polar surface area (TPSA) is 39.1 Å². The Morgan fingerprint density at radius 1 is 1.35 bits per heavy atom. The van der Waals surface area contributed by atoms with Gasteiger partial charge in [-0.2, -0.15) is 5.10 Å². The molecule has 0 aliphatic carbocycles. The van der Waals surface area contributed by atoms with Crippen molar-refractivity contribution >= 4 is 0 Å². The molecule has 4 heteroatoms. The molecule has 2 aliphatic rings. The molecule has 2 aliphatic heterocycles. The van der Waals surface area contributed by atoms with E-state index in [1.165, 1.54) is 16.8 Å². The number of nitrogens with zero attached hydrogens (tertiary/aromatic N) is 2. The minimum atomic E-state index is 0.559. The van der Waals surface area contributed by atoms with Gasteiger partial charge in [-0.1, -0.05) is 12.1 Å². The molecule has 3 heterocycles. The lowest BCUT2D eigenvalue weighted by atomic mass is 10.0. The first kappa shape index (κ1) is 12.0. The van der Waals surface area contributed by atoms with Gasteiger partial charge in [0.1, 0.15) is 5.75 Å². The van der Waals surface area contributed by atoms with Crippen molar-refractivity contribution in [1.82, 2.24) is 15.1 Å². The molecule has 1 aromatic carbocycles. The van der Waals surface area contributed by atoms with Gasteiger partial charge in [0.05, 0.1) is 6.61 Å².